The molecular formula is C23H29NO3. The number of likely N-dealkylation sites (N-methyl/N-ethyl adjacent to an activating group) is 1. The van der Waals surface area contributed by atoms with Gasteiger partial charge in [-0.3, -0.25) is 4.90 Å². The van der Waals surface area contributed by atoms with Gasteiger partial charge in [0.05, 0.1) is 12.2 Å². The van der Waals surface area contributed by atoms with Crippen LogP contribution in [0.15, 0.2) is 60.7 Å². The fourth-order valence-electron chi connectivity index (χ4n) is 4.62. The van der Waals surface area contributed by atoms with Gasteiger partial charge in [0.2, 0.25) is 0 Å². The van der Waals surface area contributed by atoms with Crippen LogP contribution in [0, 0.1) is 0 Å². The highest BCUT2D eigenvalue weighted by Crippen LogP contribution is 2.40. The van der Waals surface area contributed by atoms with Crippen molar-refractivity contribution in [2.45, 2.75) is 49.7 Å². The van der Waals surface area contributed by atoms with E-state index >= 15 is 0 Å². The lowest BCUT2D eigenvalue weighted by Crippen LogP contribution is -2.45. The van der Waals surface area contributed by atoms with Crippen LogP contribution in [0.5, 0.6) is 0 Å². The molecular weight excluding hydrogens is 338 g/mol. The summed E-state index contributed by atoms with van der Waals surface area (Å²) in [6, 6.07) is 22.0. The van der Waals surface area contributed by atoms with Crippen LogP contribution in [0.4, 0.5) is 0 Å². The molecule has 0 radical (unpaired) electrons. The Kier molecular flexibility index (Phi) is 5.89. The molecule has 2 bridgehead atoms. The smallest absolute Gasteiger partial charge is 0.146 e. The lowest BCUT2D eigenvalue weighted by Gasteiger charge is -2.38. The maximum absolute atomic E-state index is 6.73. The van der Waals surface area contributed by atoms with Gasteiger partial charge >= 0.3 is 0 Å². The second kappa shape index (κ2) is 8.53. The number of rotatable bonds is 7. The van der Waals surface area contributed by atoms with E-state index < -0.39 is 0 Å². The molecule has 4 atom stereocenters. The van der Waals surface area contributed by atoms with Crippen molar-refractivity contribution in [2.24, 2.45) is 0 Å². The third-order valence-electron chi connectivity index (χ3n) is 6.01. The van der Waals surface area contributed by atoms with E-state index in [0.717, 1.165) is 19.3 Å². The summed E-state index contributed by atoms with van der Waals surface area (Å²) in [4.78, 5) is 2.47. The van der Waals surface area contributed by atoms with Crippen LogP contribution < -0.4 is 0 Å². The van der Waals surface area contributed by atoms with E-state index in [1.807, 2.05) is 0 Å². The Hall–Kier alpha value is -1.72. The highest BCUT2D eigenvalue weighted by molar-refractivity contribution is 5.30. The number of methoxy groups -OCH3 is 1. The minimum absolute atomic E-state index is 0.0291. The van der Waals surface area contributed by atoms with Gasteiger partial charge in [0.15, 0.2) is 0 Å². The first-order chi connectivity index (χ1) is 13.3. The fraction of sp³-hybridized carbons (Fsp3) is 0.478. The molecule has 2 aliphatic heterocycles. The molecule has 0 N–H and O–H groups in total. The molecule has 27 heavy (non-hydrogen) atoms. The number of hydrogen-bond acceptors (Lipinski definition) is 4. The van der Waals surface area contributed by atoms with Crippen LogP contribution in [0.3, 0.4) is 0 Å². The minimum atomic E-state index is -0.0291. The highest BCUT2D eigenvalue weighted by Gasteiger charge is 2.46. The first kappa shape index (κ1) is 18.6. The van der Waals surface area contributed by atoms with E-state index in [1.165, 1.54) is 11.1 Å². The Morgan fingerprint density at radius 3 is 2.15 bits per heavy atom. The van der Waals surface area contributed by atoms with E-state index in [9.17, 15) is 0 Å². The lowest BCUT2D eigenvalue weighted by molar-refractivity contribution is -0.0933. The van der Waals surface area contributed by atoms with Gasteiger partial charge in [-0.2, -0.15) is 0 Å². The normalized spacial score (nSPS) is 28.0. The molecule has 144 valence electrons. The van der Waals surface area contributed by atoms with Crippen molar-refractivity contribution in [3.05, 3.63) is 71.8 Å². The summed E-state index contributed by atoms with van der Waals surface area (Å²) >= 11 is 0. The van der Waals surface area contributed by atoms with Crippen molar-refractivity contribution in [3.63, 3.8) is 0 Å². The van der Waals surface area contributed by atoms with Crippen LogP contribution in [0.25, 0.3) is 0 Å². The van der Waals surface area contributed by atoms with Crippen molar-refractivity contribution in [1.82, 2.24) is 4.90 Å². The van der Waals surface area contributed by atoms with Gasteiger partial charge in [-0.1, -0.05) is 60.7 Å². The monoisotopic (exact) mass is 367 g/mol. The van der Waals surface area contributed by atoms with Crippen LogP contribution in [-0.2, 0) is 14.2 Å². The van der Waals surface area contributed by atoms with E-state index in [-0.39, 0.29) is 18.3 Å². The molecule has 2 saturated heterocycles. The van der Waals surface area contributed by atoms with E-state index in [4.69, 9.17) is 14.2 Å². The molecule has 2 aromatic rings. The lowest BCUT2D eigenvalue weighted by atomic mass is 9.97. The molecule has 2 heterocycles. The van der Waals surface area contributed by atoms with Crippen molar-refractivity contribution in [2.75, 3.05) is 21.0 Å². The van der Waals surface area contributed by atoms with E-state index in [2.05, 4.69) is 72.6 Å². The van der Waals surface area contributed by atoms with Crippen molar-refractivity contribution < 1.29 is 14.2 Å². The van der Waals surface area contributed by atoms with Crippen molar-refractivity contribution in [3.8, 4) is 0 Å². The van der Waals surface area contributed by atoms with Crippen molar-refractivity contribution in [1.29, 1.82) is 0 Å². The summed E-state index contributed by atoms with van der Waals surface area (Å²) in [6.45, 7) is 0.365. The van der Waals surface area contributed by atoms with Gasteiger partial charge in [0.25, 0.3) is 0 Å². The molecule has 4 rings (SSSR count). The largest absolute Gasteiger partial charge is 0.365 e. The second-order valence-corrected chi connectivity index (χ2v) is 7.66. The molecule has 2 unspecified atom stereocenters. The summed E-state index contributed by atoms with van der Waals surface area (Å²) < 4.78 is 17.8. The highest BCUT2D eigenvalue weighted by atomic mass is 16.7. The zero-order chi connectivity index (χ0) is 18.6. The maximum Gasteiger partial charge on any atom is 0.146 e. The van der Waals surface area contributed by atoms with E-state index in [0.29, 0.717) is 18.9 Å². The molecule has 4 nitrogen and oxygen atoms in total. The average Bonchev–Trinajstić information content (AvgIpc) is 2.89. The zero-order valence-corrected chi connectivity index (χ0v) is 16.2. The summed E-state index contributed by atoms with van der Waals surface area (Å²) in [5.41, 5.74) is 2.42. The van der Waals surface area contributed by atoms with Crippen LogP contribution >= 0.6 is 0 Å². The number of benzene rings is 2. The molecule has 0 saturated carbocycles. The Morgan fingerprint density at radius 2 is 1.56 bits per heavy atom. The van der Waals surface area contributed by atoms with Crippen LogP contribution in [0.2, 0.25) is 0 Å². The molecule has 2 aromatic carbocycles. The fourth-order valence-corrected chi connectivity index (χ4v) is 4.62. The molecule has 4 heteroatoms. The third-order valence-corrected chi connectivity index (χ3v) is 6.01. The summed E-state index contributed by atoms with van der Waals surface area (Å²) in [5, 5.41) is 0. The number of ether oxygens (including phenoxy) is 3. The van der Waals surface area contributed by atoms with Crippen LogP contribution in [0.1, 0.15) is 36.5 Å². The van der Waals surface area contributed by atoms with Gasteiger partial charge in [0.1, 0.15) is 12.9 Å². The molecule has 2 aliphatic rings. The molecule has 0 amide bonds. The van der Waals surface area contributed by atoms with Gasteiger partial charge in [-0.15, -0.1) is 0 Å². The average molecular weight is 367 g/mol. The van der Waals surface area contributed by atoms with Gasteiger partial charge in [-0.05, 0) is 37.4 Å². The maximum atomic E-state index is 6.73. The Bertz CT molecular complexity index is 669. The number of piperidine rings is 1. The minimum Gasteiger partial charge on any atom is -0.365 e. The quantitative estimate of drug-likeness (QED) is 0.692. The first-order valence-electron chi connectivity index (χ1n) is 9.84. The number of nitrogens with zero attached hydrogens (tertiary/aromatic N) is 1. The Labute approximate surface area is 162 Å². The van der Waals surface area contributed by atoms with Gasteiger partial charge in [-0.25, -0.2) is 0 Å². The van der Waals surface area contributed by atoms with Crippen molar-refractivity contribution >= 4 is 0 Å². The van der Waals surface area contributed by atoms with Gasteiger partial charge in [0, 0.05) is 19.2 Å². The molecule has 0 aliphatic carbocycles. The summed E-state index contributed by atoms with van der Waals surface area (Å²) in [5.74, 6) is 0. The molecule has 2 fully saturated rings. The zero-order valence-electron chi connectivity index (χ0n) is 16.2. The second-order valence-electron chi connectivity index (χ2n) is 7.66. The predicted octanol–water partition coefficient (Wildman–Crippen LogP) is 4.02. The molecule has 0 spiro atoms. The molecule has 0 aromatic heterocycles. The Balaban J connectivity index is 1.51. The topological polar surface area (TPSA) is 30.9 Å². The predicted molar refractivity (Wildman–Crippen MR) is 106 cm³/mol. The third kappa shape index (κ3) is 4.09. The summed E-state index contributed by atoms with van der Waals surface area (Å²) in [6.07, 6.45) is 3.55. The van der Waals surface area contributed by atoms with Gasteiger partial charge < -0.3 is 14.2 Å². The summed E-state index contributed by atoms with van der Waals surface area (Å²) in [7, 11) is 3.90. The van der Waals surface area contributed by atoms with Crippen LogP contribution in [-0.4, -0.2) is 50.1 Å². The number of fused-ring (bicyclic) bond motifs is 2. The number of hydrogen-bond donors (Lipinski definition) is 0. The standard InChI is InChI=1S/C23H29NO3/c1-24-19-13-20(15-21(24)22(14-19)26-16-25-2)27-23(17-9-5-3-6-10-17)18-11-7-4-8-12-18/h3-12,19-23H,13-16H2,1-2H3/t19?,20-,21?,22-/m0/s1. The van der Waals surface area contributed by atoms with E-state index in [1.54, 1.807) is 7.11 Å². The SMILES string of the molecule is COCO[C@H]1CC2C[C@H](OC(c3ccccc3)c3ccccc3)CC1N2C. The Morgan fingerprint density at radius 1 is 0.926 bits per heavy atom. The first-order valence-corrected chi connectivity index (χ1v) is 9.84.